The molecule has 1 fully saturated rings. The van der Waals surface area contributed by atoms with Gasteiger partial charge in [0, 0.05) is 6.08 Å². The third-order valence-electron chi connectivity index (χ3n) is 3.25. The number of fused-ring (bicyclic) bond motifs is 1. The molecule has 3 rings (SSSR count). The lowest BCUT2D eigenvalue weighted by atomic mass is 10.0. The number of rotatable bonds is 1. The predicted molar refractivity (Wildman–Crippen MR) is 61.1 cm³/mol. The van der Waals surface area contributed by atoms with Crippen LogP contribution in [0.2, 0.25) is 0 Å². The van der Waals surface area contributed by atoms with Crippen molar-refractivity contribution in [3.05, 3.63) is 48.0 Å². The fourth-order valence-electron chi connectivity index (χ4n) is 2.42. The number of aliphatic hydroxyl groups excluding tert-OH is 1. The summed E-state index contributed by atoms with van der Waals surface area (Å²) in [6, 6.07) is 9.38. The van der Waals surface area contributed by atoms with Gasteiger partial charge in [0.15, 0.2) is 0 Å². The Morgan fingerprint density at radius 2 is 2.00 bits per heavy atom. The largest absolute Gasteiger partial charge is 0.454 e. The van der Waals surface area contributed by atoms with Crippen LogP contribution in [0.1, 0.15) is 11.6 Å². The lowest BCUT2D eigenvalue weighted by Crippen LogP contribution is -2.38. The fourth-order valence-corrected chi connectivity index (χ4v) is 2.42. The van der Waals surface area contributed by atoms with Crippen LogP contribution >= 0.6 is 0 Å². The Morgan fingerprint density at radius 3 is 2.76 bits per heavy atom. The average Bonchev–Trinajstić information content (AvgIpc) is 2.68. The monoisotopic (exact) mass is 231 g/mol. The second-order valence-corrected chi connectivity index (χ2v) is 4.33. The van der Waals surface area contributed by atoms with Crippen LogP contribution in [-0.2, 0) is 9.53 Å². The van der Waals surface area contributed by atoms with E-state index in [9.17, 15) is 9.90 Å². The molecular weight excluding hydrogens is 218 g/mol. The molecule has 0 spiro atoms. The minimum absolute atomic E-state index is 0.104. The maximum absolute atomic E-state index is 11.1. The zero-order chi connectivity index (χ0) is 11.8. The van der Waals surface area contributed by atoms with E-state index in [1.54, 1.807) is 6.08 Å². The molecule has 1 saturated heterocycles. The Morgan fingerprint density at radius 1 is 1.24 bits per heavy atom. The highest BCUT2D eigenvalue weighted by Crippen LogP contribution is 2.31. The summed E-state index contributed by atoms with van der Waals surface area (Å²) >= 11 is 0. The molecule has 0 radical (unpaired) electrons. The van der Waals surface area contributed by atoms with E-state index in [0.29, 0.717) is 0 Å². The van der Waals surface area contributed by atoms with Crippen molar-refractivity contribution in [2.24, 2.45) is 0 Å². The van der Waals surface area contributed by atoms with Gasteiger partial charge in [-0.25, -0.2) is 4.79 Å². The van der Waals surface area contributed by atoms with Gasteiger partial charge in [-0.05, 0) is 5.56 Å². The zero-order valence-corrected chi connectivity index (χ0v) is 9.11. The van der Waals surface area contributed by atoms with Crippen molar-refractivity contribution >= 4 is 5.97 Å². The van der Waals surface area contributed by atoms with E-state index in [2.05, 4.69) is 5.32 Å². The van der Waals surface area contributed by atoms with E-state index in [-0.39, 0.29) is 18.1 Å². The minimum atomic E-state index is -0.712. The molecule has 4 heteroatoms. The first-order chi connectivity index (χ1) is 8.25. The summed E-state index contributed by atoms with van der Waals surface area (Å²) in [7, 11) is 0. The fraction of sp³-hybridized carbons (Fsp3) is 0.308. The molecule has 17 heavy (non-hydrogen) atoms. The van der Waals surface area contributed by atoms with Gasteiger partial charge in [-0.3, -0.25) is 5.32 Å². The highest BCUT2D eigenvalue weighted by atomic mass is 16.6. The van der Waals surface area contributed by atoms with E-state index >= 15 is 0 Å². The first-order valence-corrected chi connectivity index (χ1v) is 5.63. The van der Waals surface area contributed by atoms with E-state index in [4.69, 9.17) is 4.74 Å². The number of ether oxygens (including phenoxy) is 1. The predicted octanol–water partition coefficient (Wildman–Crippen LogP) is 0.542. The van der Waals surface area contributed by atoms with Crippen molar-refractivity contribution in [3.8, 4) is 0 Å². The first kappa shape index (κ1) is 10.5. The molecule has 0 aliphatic carbocycles. The van der Waals surface area contributed by atoms with Gasteiger partial charge in [0.2, 0.25) is 0 Å². The van der Waals surface area contributed by atoms with Crippen LogP contribution in [0.25, 0.3) is 0 Å². The molecule has 0 unspecified atom stereocenters. The van der Waals surface area contributed by atoms with Gasteiger partial charge >= 0.3 is 5.97 Å². The van der Waals surface area contributed by atoms with Gasteiger partial charge in [-0.15, -0.1) is 0 Å². The van der Waals surface area contributed by atoms with Gasteiger partial charge in [0.05, 0.1) is 12.1 Å². The number of nitrogens with one attached hydrogen (secondary N) is 1. The van der Waals surface area contributed by atoms with Gasteiger partial charge in [0.25, 0.3) is 0 Å². The number of hydrogen-bond acceptors (Lipinski definition) is 4. The molecule has 4 nitrogen and oxygen atoms in total. The van der Waals surface area contributed by atoms with Gasteiger partial charge < -0.3 is 9.84 Å². The van der Waals surface area contributed by atoms with Crippen molar-refractivity contribution in [2.75, 3.05) is 0 Å². The van der Waals surface area contributed by atoms with Crippen molar-refractivity contribution in [3.63, 3.8) is 0 Å². The molecule has 2 aliphatic heterocycles. The molecule has 0 amide bonds. The maximum atomic E-state index is 11.1. The Labute approximate surface area is 98.9 Å². The lowest BCUT2D eigenvalue weighted by Gasteiger charge is -2.22. The molecule has 4 atom stereocenters. The topological polar surface area (TPSA) is 58.6 Å². The van der Waals surface area contributed by atoms with E-state index in [0.717, 1.165) is 5.56 Å². The summed E-state index contributed by atoms with van der Waals surface area (Å²) in [5, 5.41) is 13.4. The molecular formula is C13H13NO3. The summed E-state index contributed by atoms with van der Waals surface area (Å²) in [5.74, 6) is -0.388. The summed E-state index contributed by atoms with van der Waals surface area (Å²) in [6.45, 7) is 0. The van der Waals surface area contributed by atoms with Gasteiger partial charge in [0.1, 0.15) is 12.2 Å². The lowest BCUT2D eigenvalue weighted by molar-refractivity contribution is -0.149. The number of benzene rings is 1. The molecule has 0 saturated carbocycles. The van der Waals surface area contributed by atoms with Crippen molar-refractivity contribution in [1.82, 2.24) is 5.32 Å². The quantitative estimate of drug-likeness (QED) is 0.693. The summed E-state index contributed by atoms with van der Waals surface area (Å²) in [6.07, 6.45) is 1.95. The number of carbonyl (C=O) groups excluding carboxylic acids is 1. The zero-order valence-electron chi connectivity index (χ0n) is 9.11. The van der Waals surface area contributed by atoms with Crippen LogP contribution in [0.4, 0.5) is 0 Å². The molecule has 2 aliphatic rings. The Balaban J connectivity index is 1.87. The minimum Gasteiger partial charge on any atom is -0.454 e. The van der Waals surface area contributed by atoms with Crippen molar-refractivity contribution < 1.29 is 14.6 Å². The summed E-state index contributed by atoms with van der Waals surface area (Å²) in [4.78, 5) is 11.1. The standard InChI is InChI=1S/C13H13NO3/c15-10-7-6-9-13(17-10)12(16)11(14-9)8-4-2-1-3-5-8/h1-7,9,11-14,16H/t9-,11+,12+,13+/m1/s1. The molecule has 1 aromatic carbocycles. The molecule has 88 valence electrons. The van der Waals surface area contributed by atoms with Crippen molar-refractivity contribution in [2.45, 2.75) is 24.3 Å². The average molecular weight is 231 g/mol. The Bertz CT molecular complexity index is 457. The highest BCUT2D eigenvalue weighted by Gasteiger charge is 2.45. The third kappa shape index (κ3) is 1.75. The summed E-state index contributed by atoms with van der Waals surface area (Å²) in [5.41, 5.74) is 0.999. The third-order valence-corrected chi connectivity index (χ3v) is 3.25. The first-order valence-electron chi connectivity index (χ1n) is 5.63. The maximum Gasteiger partial charge on any atom is 0.330 e. The second kappa shape index (κ2) is 3.98. The molecule has 2 heterocycles. The number of esters is 1. The Hall–Kier alpha value is -1.65. The van der Waals surface area contributed by atoms with Crippen LogP contribution in [0, 0.1) is 0 Å². The SMILES string of the molecule is O=C1C=C[C@H]2N[C@@H](c3ccccc3)[C@H](O)[C@H]2O1. The smallest absolute Gasteiger partial charge is 0.330 e. The van der Waals surface area contributed by atoms with Crippen LogP contribution in [0.5, 0.6) is 0 Å². The number of aliphatic hydroxyl groups is 1. The second-order valence-electron chi connectivity index (χ2n) is 4.33. The molecule has 0 aromatic heterocycles. The van der Waals surface area contributed by atoms with Crippen molar-refractivity contribution in [1.29, 1.82) is 0 Å². The molecule has 2 N–H and O–H groups in total. The normalized spacial score (nSPS) is 35.5. The number of hydrogen-bond donors (Lipinski definition) is 2. The Kier molecular flexibility index (Phi) is 2.46. The van der Waals surface area contributed by atoms with Crippen LogP contribution in [0.15, 0.2) is 42.5 Å². The molecule has 0 bridgehead atoms. The number of carbonyl (C=O) groups is 1. The van der Waals surface area contributed by atoms with Crippen LogP contribution in [-0.4, -0.2) is 29.3 Å². The molecule has 1 aromatic rings. The van der Waals surface area contributed by atoms with E-state index in [1.807, 2.05) is 30.3 Å². The van der Waals surface area contributed by atoms with E-state index < -0.39 is 12.2 Å². The van der Waals surface area contributed by atoms with E-state index in [1.165, 1.54) is 6.08 Å². The highest BCUT2D eigenvalue weighted by molar-refractivity contribution is 5.83. The van der Waals surface area contributed by atoms with Gasteiger partial charge in [-0.1, -0.05) is 36.4 Å². The van der Waals surface area contributed by atoms with Crippen LogP contribution in [0.3, 0.4) is 0 Å². The van der Waals surface area contributed by atoms with Gasteiger partial charge in [-0.2, -0.15) is 0 Å². The van der Waals surface area contributed by atoms with Crippen LogP contribution < -0.4 is 5.32 Å². The summed E-state index contributed by atoms with van der Waals surface area (Å²) < 4.78 is 5.14.